The highest BCUT2D eigenvalue weighted by atomic mass is 35.7. The van der Waals surface area contributed by atoms with Gasteiger partial charge in [0.1, 0.15) is 0 Å². The summed E-state index contributed by atoms with van der Waals surface area (Å²) in [6, 6.07) is 0. The van der Waals surface area contributed by atoms with Crippen molar-refractivity contribution in [2.24, 2.45) is 0 Å². The molecular weight excluding hydrogens is 224 g/mol. The fourth-order valence-corrected chi connectivity index (χ4v) is 2.91. The lowest BCUT2D eigenvalue weighted by Crippen LogP contribution is -2.35. The van der Waals surface area contributed by atoms with Gasteiger partial charge in [0, 0.05) is 17.8 Å². The molecule has 0 unspecified atom stereocenters. The molecule has 0 radical (unpaired) electrons. The number of rotatable bonds is 4. The lowest BCUT2D eigenvalue weighted by Gasteiger charge is -2.35. The van der Waals surface area contributed by atoms with Gasteiger partial charge in [0.15, 0.2) is 0 Å². The van der Waals surface area contributed by atoms with Gasteiger partial charge in [-0.3, -0.25) is 0 Å². The van der Waals surface area contributed by atoms with Crippen molar-refractivity contribution in [2.45, 2.75) is 44.1 Å². The second-order valence-corrected chi connectivity index (χ2v) is 6.84. The Labute approximate surface area is 90.2 Å². The molecule has 3 nitrogen and oxygen atoms in total. The lowest BCUT2D eigenvalue weighted by molar-refractivity contribution is -0.0411. The van der Waals surface area contributed by atoms with Crippen LogP contribution in [-0.4, -0.2) is 26.9 Å². The molecule has 14 heavy (non-hydrogen) atoms. The summed E-state index contributed by atoms with van der Waals surface area (Å²) in [4.78, 5) is 0. The van der Waals surface area contributed by atoms with Crippen LogP contribution in [0.2, 0.25) is 0 Å². The Morgan fingerprint density at radius 1 is 1.29 bits per heavy atom. The maximum Gasteiger partial charge on any atom is 0.232 e. The van der Waals surface area contributed by atoms with E-state index in [4.69, 9.17) is 15.4 Å². The molecule has 0 heterocycles. The molecule has 5 heteroatoms. The van der Waals surface area contributed by atoms with Crippen molar-refractivity contribution in [3.05, 3.63) is 0 Å². The Morgan fingerprint density at radius 3 is 2.29 bits per heavy atom. The number of methoxy groups -OCH3 is 1. The third kappa shape index (κ3) is 3.75. The minimum absolute atomic E-state index is 0.0163. The number of halogens is 1. The third-order valence-electron chi connectivity index (χ3n) is 3.00. The second-order valence-electron chi connectivity index (χ2n) is 3.94. The summed E-state index contributed by atoms with van der Waals surface area (Å²) in [6.45, 7) is 0. The van der Waals surface area contributed by atoms with E-state index in [2.05, 4.69) is 0 Å². The largest absolute Gasteiger partial charge is 0.378 e. The molecule has 1 rings (SSSR count). The molecule has 0 aliphatic heterocycles. The van der Waals surface area contributed by atoms with Crippen LogP contribution < -0.4 is 0 Å². The first-order valence-corrected chi connectivity index (χ1v) is 7.43. The van der Waals surface area contributed by atoms with Crippen LogP contribution in [0.15, 0.2) is 0 Å². The van der Waals surface area contributed by atoms with E-state index in [-0.39, 0.29) is 11.4 Å². The molecule has 0 aromatic heterocycles. The summed E-state index contributed by atoms with van der Waals surface area (Å²) >= 11 is 0. The van der Waals surface area contributed by atoms with Crippen LogP contribution in [0.3, 0.4) is 0 Å². The van der Waals surface area contributed by atoms with Gasteiger partial charge in [-0.2, -0.15) is 0 Å². The molecule has 1 aliphatic carbocycles. The van der Waals surface area contributed by atoms with Crippen LogP contribution in [0.5, 0.6) is 0 Å². The van der Waals surface area contributed by atoms with Gasteiger partial charge >= 0.3 is 0 Å². The quantitative estimate of drug-likeness (QED) is 0.709. The minimum Gasteiger partial charge on any atom is -0.378 e. The van der Waals surface area contributed by atoms with Crippen LogP contribution in [-0.2, 0) is 13.8 Å². The van der Waals surface area contributed by atoms with Gasteiger partial charge < -0.3 is 4.74 Å². The van der Waals surface area contributed by atoms with Crippen LogP contribution >= 0.6 is 10.7 Å². The molecule has 84 valence electrons. The zero-order valence-electron chi connectivity index (χ0n) is 8.46. The van der Waals surface area contributed by atoms with Crippen molar-refractivity contribution in [3.8, 4) is 0 Å². The van der Waals surface area contributed by atoms with Crippen LogP contribution in [0.1, 0.15) is 38.5 Å². The van der Waals surface area contributed by atoms with Crippen LogP contribution in [0, 0.1) is 0 Å². The lowest BCUT2D eigenvalue weighted by atomic mass is 9.83. The van der Waals surface area contributed by atoms with Gasteiger partial charge in [-0.05, 0) is 19.3 Å². The highest BCUT2D eigenvalue weighted by Gasteiger charge is 2.32. The summed E-state index contributed by atoms with van der Waals surface area (Å²) in [5.41, 5.74) is -0.236. The van der Waals surface area contributed by atoms with E-state index in [1.807, 2.05) is 0 Å². The van der Waals surface area contributed by atoms with Gasteiger partial charge in [0.2, 0.25) is 9.05 Å². The number of ether oxygens (including phenoxy) is 1. The molecule has 0 bridgehead atoms. The molecule has 0 spiro atoms. The maximum atomic E-state index is 10.8. The predicted molar refractivity (Wildman–Crippen MR) is 57.1 cm³/mol. The fourth-order valence-electron chi connectivity index (χ4n) is 2.06. The van der Waals surface area contributed by atoms with Crippen molar-refractivity contribution in [1.29, 1.82) is 0 Å². The smallest absolute Gasteiger partial charge is 0.232 e. The maximum absolute atomic E-state index is 10.8. The molecule has 1 aliphatic rings. The van der Waals surface area contributed by atoms with Gasteiger partial charge in [-0.1, -0.05) is 19.3 Å². The molecule has 0 aromatic rings. The second kappa shape index (κ2) is 4.81. The summed E-state index contributed by atoms with van der Waals surface area (Å²) in [5.74, 6) is 0.0163. The van der Waals surface area contributed by atoms with Gasteiger partial charge in [-0.15, -0.1) is 0 Å². The first-order valence-electron chi connectivity index (χ1n) is 4.95. The summed E-state index contributed by atoms with van der Waals surface area (Å²) < 4.78 is 27.1. The molecule has 0 N–H and O–H groups in total. The van der Waals surface area contributed by atoms with Crippen molar-refractivity contribution in [3.63, 3.8) is 0 Å². The molecule has 0 saturated heterocycles. The van der Waals surface area contributed by atoms with Crippen molar-refractivity contribution in [2.75, 3.05) is 12.9 Å². The average Bonchev–Trinajstić information content (AvgIpc) is 2.15. The van der Waals surface area contributed by atoms with Gasteiger partial charge in [-0.25, -0.2) is 8.42 Å². The zero-order valence-corrected chi connectivity index (χ0v) is 10.0. The van der Waals surface area contributed by atoms with Crippen molar-refractivity contribution in [1.82, 2.24) is 0 Å². The molecular formula is C9H17ClO3S. The van der Waals surface area contributed by atoms with E-state index in [1.165, 1.54) is 6.42 Å². The van der Waals surface area contributed by atoms with Gasteiger partial charge in [0.05, 0.1) is 11.4 Å². The molecule has 1 saturated carbocycles. The first kappa shape index (κ1) is 12.3. The van der Waals surface area contributed by atoms with E-state index in [1.54, 1.807) is 7.11 Å². The molecule has 0 atom stereocenters. The molecule has 0 aromatic carbocycles. The Balaban J connectivity index is 2.52. The summed E-state index contributed by atoms with van der Waals surface area (Å²) in [6.07, 6.45) is 5.90. The van der Waals surface area contributed by atoms with Crippen LogP contribution in [0.25, 0.3) is 0 Å². The van der Waals surface area contributed by atoms with E-state index in [9.17, 15) is 8.42 Å². The fraction of sp³-hybridized carbons (Fsp3) is 1.00. The standard InChI is InChI=1S/C9H17ClO3S/c1-13-9(5-3-2-4-6-9)7-8-14(10,11)12/h2-8H2,1H3. The summed E-state index contributed by atoms with van der Waals surface area (Å²) in [5, 5.41) is 0. The van der Waals surface area contributed by atoms with Crippen molar-refractivity contribution >= 4 is 19.7 Å². The van der Waals surface area contributed by atoms with Crippen molar-refractivity contribution < 1.29 is 13.2 Å². The normalized spacial score (nSPS) is 22.1. The molecule has 0 amide bonds. The van der Waals surface area contributed by atoms with Gasteiger partial charge in [0.25, 0.3) is 0 Å². The number of hydrogen-bond donors (Lipinski definition) is 0. The van der Waals surface area contributed by atoms with E-state index in [0.717, 1.165) is 25.7 Å². The monoisotopic (exact) mass is 240 g/mol. The van der Waals surface area contributed by atoms with Crippen LogP contribution in [0.4, 0.5) is 0 Å². The van der Waals surface area contributed by atoms with E-state index < -0.39 is 9.05 Å². The zero-order chi connectivity index (χ0) is 10.7. The average molecular weight is 241 g/mol. The minimum atomic E-state index is -3.38. The summed E-state index contributed by atoms with van der Waals surface area (Å²) in [7, 11) is 3.47. The Bertz CT molecular complexity index is 268. The Hall–Kier alpha value is 0.200. The SMILES string of the molecule is COC1(CCS(=O)(=O)Cl)CCCCC1. The number of hydrogen-bond acceptors (Lipinski definition) is 3. The third-order valence-corrected chi connectivity index (χ3v) is 4.15. The highest BCUT2D eigenvalue weighted by molar-refractivity contribution is 8.13. The highest BCUT2D eigenvalue weighted by Crippen LogP contribution is 2.34. The van der Waals surface area contributed by atoms with E-state index >= 15 is 0 Å². The predicted octanol–water partition coefficient (Wildman–Crippen LogP) is 2.29. The Morgan fingerprint density at radius 2 is 1.86 bits per heavy atom. The molecule has 1 fully saturated rings. The van der Waals surface area contributed by atoms with E-state index in [0.29, 0.717) is 6.42 Å². The first-order chi connectivity index (χ1) is 6.47. The topological polar surface area (TPSA) is 43.4 Å². The Kier molecular flexibility index (Phi) is 4.22.